The van der Waals surface area contributed by atoms with Crippen LogP contribution in [0.3, 0.4) is 0 Å². The van der Waals surface area contributed by atoms with Gasteiger partial charge in [0, 0.05) is 0 Å². The number of carbonyl (C=O) groups excluding carboxylic acids is 1. The average Bonchev–Trinajstić information content (AvgIpc) is 1.88. The van der Waals surface area contributed by atoms with Crippen molar-refractivity contribution in [2.75, 3.05) is 0 Å². The topological polar surface area (TPSA) is 17.1 Å². The van der Waals surface area contributed by atoms with Crippen LogP contribution in [0.25, 0.3) is 0 Å². The van der Waals surface area contributed by atoms with Crippen molar-refractivity contribution in [3.8, 4) is 0 Å². The fraction of sp³-hybridized carbons (Fsp3) is 0.125. The Morgan fingerprint density at radius 1 is 1.30 bits per heavy atom. The van der Waals surface area contributed by atoms with Crippen LogP contribution >= 0.6 is 0 Å². The Labute approximate surface area is 68.3 Å². The predicted octanol–water partition coefficient (Wildman–Crippen LogP) is 0.924. The van der Waals surface area contributed by atoms with E-state index in [1.807, 2.05) is 30.3 Å². The van der Waals surface area contributed by atoms with Gasteiger partial charge in [-0.3, -0.25) is 0 Å². The van der Waals surface area contributed by atoms with Crippen LogP contribution in [0.2, 0.25) is 0 Å². The minimum atomic E-state index is 0.0891. The number of hydrogen-bond donors (Lipinski definition) is 0. The summed E-state index contributed by atoms with van der Waals surface area (Å²) in [5.41, 5.74) is 1.06. The Kier molecular flexibility index (Phi) is 2.67. The zero-order chi connectivity index (χ0) is 7.40. The monoisotopic (exact) mass is 199 g/mol. The van der Waals surface area contributed by atoms with Crippen LogP contribution in [0.1, 0.15) is 5.56 Å². The summed E-state index contributed by atoms with van der Waals surface area (Å²) in [5.74, 6) is 0. The molecule has 0 atom stereocenters. The zero-order valence-corrected chi connectivity index (χ0v) is 7.12. The average molecular weight is 198 g/mol. The van der Waals surface area contributed by atoms with E-state index < -0.39 is 0 Å². The normalized spacial score (nSPS) is 9.20. The van der Waals surface area contributed by atoms with Crippen LogP contribution in [-0.2, 0) is 11.2 Å². The van der Waals surface area contributed by atoms with Gasteiger partial charge in [-0.05, 0) is 0 Å². The Bertz CT molecular complexity index is 218. The van der Waals surface area contributed by atoms with Crippen LogP contribution in [0.15, 0.2) is 30.3 Å². The van der Waals surface area contributed by atoms with Crippen molar-refractivity contribution >= 4 is 20.7 Å². The van der Waals surface area contributed by atoms with Gasteiger partial charge in [0.1, 0.15) is 0 Å². The standard InChI is InChI=1S/C8H8OSe/c9-8(10)6-7-4-2-1-3-5-7/h1-5H,6H2,(H,9,10)/p-1. The van der Waals surface area contributed by atoms with Gasteiger partial charge in [0.2, 0.25) is 0 Å². The number of rotatable bonds is 2. The molecule has 10 heavy (non-hydrogen) atoms. The van der Waals surface area contributed by atoms with Crippen molar-refractivity contribution in [1.29, 1.82) is 0 Å². The molecule has 2 heteroatoms. The molecule has 1 aromatic rings. The summed E-state index contributed by atoms with van der Waals surface area (Å²) in [5, 5.41) is 0. The molecule has 1 aromatic carbocycles. The van der Waals surface area contributed by atoms with E-state index in [1.54, 1.807) is 0 Å². The van der Waals surface area contributed by atoms with Crippen molar-refractivity contribution in [2.45, 2.75) is 6.42 Å². The van der Waals surface area contributed by atoms with Crippen molar-refractivity contribution in [2.24, 2.45) is 0 Å². The molecule has 0 radical (unpaired) electrons. The fourth-order valence-electron chi connectivity index (χ4n) is 0.763. The molecule has 0 amide bonds. The van der Waals surface area contributed by atoms with Gasteiger partial charge < -0.3 is 0 Å². The number of carbonyl (C=O) groups is 1. The summed E-state index contributed by atoms with van der Waals surface area (Å²) in [6.07, 6.45) is 0.501. The van der Waals surface area contributed by atoms with Gasteiger partial charge >= 0.3 is 67.8 Å². The molecule has 0 fully saturated rings. The molecule has 0 spiro atoms. The molecule has 0 aliphatic rings. The van der Waals surface area contributed by atoms with E-state index in [9.17, 15) is 4.79 Å². The van der Waals surface area contributed by atoms with Crippen LogP contribution in [-0.4, -0.2) is 20.7 Å². The third-order valence-corrected chi connectivity index (χ3v) is 1.49. The second kappa shape index (κ2) is 3.55. The molecule has 52 valence electrons. The molecule has 1 rings (SSSR count). The number of benzene rings is 1. The molecule has 0 saturated heterocycles. The first kappa shape index (κ1) is 7.52. The van der Waals surface area contributed by atoms with Gasteiger partial charge in [-0.25, -0.2) is 0 Å². The maximum atomic E-state index is 10.6. The molecule has 1 nitrogen and oxygen atoms in total. The van der Waals surface area contributed by atoms with Crippen LogP contribution < -0.4 is 0 Å². The summed E-state index contributed by atoms with van der Waals surface area (Å²) in [6.45, 7) is 0. The number of hydrogen-bond acceptors (Lipinski definition) is 1. The third-order valence-electron chi connectivity index (χ3n) is 1.19. The van der Waals surface area contributed by atoms with Crippen LogP contribution in [0, 0.1) is 0 Å². The summed E-state index contributed by atoms with van der Waals surface area (Å²) in [7, 11) is 0. The van der Waals surface area contributed by atoms with E-state index in [1.165, 1.54) is 0 Å². The first-order valence-corrected chi connectivity index (χ1v) is 3.88. The summed E-state index contributed by atoms with van der Waals surface area (Å²) in [6, 6.07) is 9.67. The van der Waals surface area contributed by atoms with Gasteiger partial charge in [-0.2, -0.15) is 0 Å². The first-order chi connectivity index (χ1) is 4.79. The molecule has 0 aliphatic heterocycles. The van der Waals surface area contributed by atoms with E-state index in [0.29, 0.717) is 6.42 Å². The Morgan fingerprint density at radius 2 is 1.90 bits per heavy atom. The summed E-state index contributed by atoms with van der Waals surface area (Å²) < 4.78 is 0.0891. The zero-order valence-electron chi connectivity index (χ0n) is 5.41. The maximum absolute atomic E-state index is 10.6. The van der Waals surface area contributed by atoms with Gasteiger partial charge in [0.25, 0.3) is 0 Å². The van der Waals surface area contributed by atoms with Crippen molar-refractivity contribution < 1.29 is 4.79 Å². The molecular weight excluding hydrogens is 191 g/mol. The molecule has 0 heterocycles. The Hall–Kier alpha value is -0.591. The Balaban J connectivity index is 2.67. The second-order valence-electron chi connectivity index (χ2n) is 2.03. The predicted molar refractivity (Wildman–Crippen MR) is 40.9 cm³/mol. The van der Waals surface area contributed by atoms with Crippen molar-refractivity contribution in [3.63, 3.8) is 0 Å². The molecule has 0 N–H and O–H groups in total. The van der Waals surface area contributed by atoms with E-state index in [4.69, 9.17) is 0 Å². The van der Waals surface area contributed by atoms with Crippen molar-refractivity contribution in [1.82, 2.24) is 0 Å². The first-order valence-electron chi connectivity index (χ1n) is 3.03. The molecule has 0 aliphatic carbocycles. The quantitative estimate of drug-likeness (QED) is 0.646. The van der Waals surface area contributed by atoms with Crippen LogP contribution in [0.4, 0.5) is 0 Å². The molecule has 0 saturated carbocycles. The minimum absolute atomic E-state index is 0.0891. The molecule has 0 bridgehead atoms. The van der Waals surface area contributed by atoms with E-state index in [0.717, 1.165) is 5.56 Å². The second-order valence-corrected chi connectivity index (χ2v) is 2.99. The van der Waals surface area contributed by atoms with E-state index >= 15 is 0 Å². The summed E-state index contributed by atoms with van der Waals surface area (Å²) in [4.78, 5) is 10.6. The summed E-state index contributed by atoms with van der Waals surface area (Å²) >= 11 is 2.45. The van der Waals surface area contributed by atoms with Crippen LogP contribution in [0.5, 0.6) is 0 Å². The van der Waals surface area contributed by atoms with E-state index in [-0.39, 0.29) is 4.68 Å². The molecule has 0 aromatic heterocycles. The van der Waals surface area contributed by atoms with Gasteiger partial charge in [0.15, 0.2) is 0 Å². The van der Waals surface area contributed by atoms with Gasteiger partial charge in [-0.15, -0.1) is 0 Å². The molecule has 0 unspecified atom stereocenters. The SMILES string of the molecule is O=C([Se-])Cc1ccccc1. The Morgan fingerprint density at radius 3 is 2.40 bits per heavy atom. The fourth-order valence-corrected chi connectivity index (χ4v) is 1.11. The van der Waals surface area contributed by atoms with E-state index in [2.05, 4.69) is 16.0 Å². The van der Waals surface area contributed by atoms with Gasteiger partial charge in [0.05, 0.1) is 0 Å². The van der Waals surface area contributed by atoms with Crippen molar-refractivity contribution in [3.05, 3.63) is 35.9 Å². The molecular formula is C8H7OSe-. The third kappa shape index (κ3) is 2.34. The van der Waals surface area contributed by atoms with Gasteiger partial charge in [-0.1, -0.05) is 0 Å².